The van der Waals surface area contributed by atoms with Gasteiger partial charge in [0.05, 0.1) is 4.90 Å². The highest BCUT2D eigenvalue weighted by molar-refractivity contribution is 7.92. The number of carbonyl (C=O) groups is 2. The fourth-order valence-corrected chi connectivity index (χ4v) is 7.40. The molecule has 0 aromatic heterocycles. The minimum absolute atomic E-state index is 0.0129. The van der Waals surface area contributed by atoms with Crippen LogP contribution in [0.15, 0.2) is 53.4 Å². The van der Waals surface area contributed by atoms with E-state index >= 15 is 0 Å². The lowest BCUT2D eigenvalue weighted by atomic mass is 9.47. The third-order valence-corrected chi connectivity index (χ3v) is 8.99. The fraction of sp³-hybridized carbons (Fsp3) is 0.417. The molecule has 7 nitrogen and oxygen atoms in total. The molecule has 2 amide bonds. The number of amides is 2. The van der Waals surface area contributed by atoms with E-state index in [-0.39, 0.29) is 40.3 Å². The van der Waals surface area contributed by atoms with Crippen molar-refractivity contribution in [3.05, 3.63) is 59.9 Å². The van der Waals surface area contributed by atoms with Gasteiger partial charge in [-0.2, -0.15) is 0 Å². The van der Waals surface area contributed by atoms with Crippen LogP contribution < -0.4 is 15.8 Å². The van der Waals surface area contributed by atoms with Gasteiger partial charge < -0.3 is 11.1 Å². The van der Waals surface area contributed by atoms with Crippen molar-refractivity contribution in [1.29, 1.82) is 0 Å². The SMILES string of the molecule is NC(=O)C12CC3CC(C1)C(NC(=O)c1cccc(NS(=O)(=O)c4ccc(F)cc4)c1)C(C3)C2. The van der Waals surface area contributed by atoms with Crippen LogP contribution in [0.1, 0.15) is 42.5 Å². The molecule has 0 spiro atoms. The summed E-state index contributed by atoms with van der Waals surface area (Å²) in [6, 6.07) is 10.8. The quantitative estimate of drug-likeness (QED) is 0.600. The second kappa shape index (κ2) is 7.83. The van der Waals surface area contributed by atoms with Crippen LogP contribution in [0, 0.1) is 29.0 Å². The van der Waals surface area contributed by atoms with Gasteiger partial charge in [-0.05, 0) is 92.3 Å². The zero-order valence-electron chi connectivity index (χ0n) is 18.0. The molecule has 174 valence electrons. The number of nitrogens with two attached hydrogens (primary N) is 1. The first-order chi connectivity index (χ1) is 15.6. The van der Waals surface area contributed by atoms with Crippen LogP contribution in [0.5, 0.6) is 0 Å². The average Bonchev–Trinajstić information content (AvgIpc) is 2.76. The van der Waals surface area contributed by atoms with Crippen LogP contribution in [-0.4, -0.2) is 26.3 Å². The third kappa shape index (κ3) is 3.99. The van der Waals surface area contributed by atoms with Crippen molar-refractivity contribution in [1.82, 2.24) is 5.32 Å². The second-order valence-corrected chi connectivity index (χ2v) is 11.4. The zero-order valence-corrected chi connectivity index (χ0v) is 18.8. The molecular weight excluding hydrogens is 445 g/mol. The summed E-state index contributed by atoms with van der Waals surface area (Å²) >= 11 is 0. The molecule has 0 heterocycles. The molecule has 0 aliphatic heterocycles. The summed E-state index contributed by atoms with van der Waals surface area (Å²) in [6.07, 6.45) is 4.30. The van der Waals surface area contributed by atoms with Crippen LogP contribution in [0.3, 0.4) is 0 Å². The summed E-state index contributed by atoms with van der Waals surface area (Å²) < 4.78 is 40.7. The lowest BCUT2D eigenvalue weighted by Crippen LogP contribution is -2.62. The molecule has 4 saturated carbocycles. The predicted octanol–water partition coefficient (Wildman–Crippen LogP) is 3.04. The molecule has 0 saturated heterocycles. The topological polar surface area (TPSA) is 118 Å². The summed E-state index contributed by atoms with van der Waals surface area (Å²) in [5.74, 6) is -0.0662. The van der Waals surface area contributed by atoms with Crippen molar-refractivity contribution in [2.45, 2.75) is 43.0 Å². The number of hydrogen-bond donors (Lipinski definition) is 3. The van der Waals surface area contributed by atoms with E-state index in [0.29, 0.717) is 11.5 Å². The first-order valence-electron chi connectivity index (χ1n) is 11.1. The third-order valence-electron chi connectivity index (χ3n) is 7.59. The van der Waals surface area contributed by atoms with Crippen LogP contribution in [0.2, 0.25) is 0 Å². The van der Waals surface area contributed by atoms with E-state index in [0.717, 1.165) is 44.2 Å². The Morgan fingerprint density at radius 2 is 1.67 bits per heavy atom. The lowest BCUT2D eigenvalue weighted by Gasteiger charge is -2.58. The molecule has 4 fully saturated rings. The van der Waals surface area contributed by atoms with Gasteiger partial charge in [0.2, 0.25) is 5.91 Å². The minimum Gasteiger partial charge on any atom is -0.369 e. The molecule has 4 aliphatic carbocycles. The standard InChI is InChI=1S/C24H26FN3O4S/c25-18-4-6-20(7-5-18)33(31,32)28-19-3-1-2-15(10-19)22(29)27-21-16-8-14-9-17(21)13-24(11-14,12-16)23(26)30/h1-7,10,14,16-17,21,28H,8-9,11-13H2,(H2,26,30)(H,27,29). The molecule has 4 aliphatic rings. The van der Waals surface area contributed by atoms with E-state index in [4.69, 9.17) is 5.73 Å². The van der Waals surface area contributed by atoms with E-state index < -0.39 is 21.3 Å². The van der Waals surface area contributed by atoms with Crippen molar-refractivity contribution in [3.63, 3.8) is 0 Å². The van der Waals surface area contributed by atoms with Gasteiger partial charge in [-0.15, -0.1) is 0 Å². The molecule has 9 heteroatoms. The Morgan fingerprint density at radius 3 is 2.30 bits per heavy atom. The first-order valence-corrected chi connectivity index (χ1v) is 12.6. The van der Waals surface area contributed by atoms with E-state index in [1.165, 1.54) is 18.2 Å². The molecule has 4 bridgehead atoms. The van der Waals surface area contributed by atoms with Gasteiger partial charge in [0.25, 0.3) is 15.9 Å². The maximum Gasteiger partial charge on any atom is 0.261 e. The predicted molar refractivity (Wildman–Crippen MR) is 120 cm³/mol. The Balaban J connectivity index is 1.30. The Hall–Kier alpha value is -2.94. The number of rotatable bonds is 6. The normalized spacial score (nSPS) is 30.1. The van der Waals surface area contributed by atoms with E-state index in [9.17, 15) is 22.4 Å². The number of halogens is 1. The van der Waals surface area contributed by atoms with Gasteiger partial charge in [0.1, 0.15) is 5.82 Å². The summed E-state index contributed by atoms with van der Waals surface area (Å²) in [7, 11) is -3.92. The lowest BCUT2D eigenvalue weighted by molar-refractivity contribution is -0.145. The Kier molecular flexibility index (Phi) is 5.19. The summed E-state index contributed by atoms with van der Waals surface area (Å²) in [4.78, 5) is 25.1. The first kappa shape index (κ1) is 21.9. The largest absolute Gasteiger partial charge is 0.369 e. The van der Waals surface area contributed by atoms with Gasteiger partial charge in [-0.1, -0.05) is 6.07 Å². The molecule has 2 aromatic rings. The summed E-state index contributed by atoms with van der Waals surface area (Å²) in [5.41, 5.74) is 5.91. The van der Waals surface area contributed by atoms with E-state index in [1.807, 2.05) is 0 Å². The Labute approximate surface area is 192 Å². The highest BCUT2D eigenvalue weighted by atomic mass is 32.2. The van der Waals surface area contributed by atoms with Crippen LogP contribution in [-0.2, 0) is 14.8 Å². The molecule has 6 rings (SSSR count). The second-order valence-electron chi connectivity index (χ2n) is 9.75. The highest BCUT2D eigenvalue weighted by Gasteiger charge is 2.58. The summed E-state index contributed by atoms with van der Waals surface area (Å²) in [5, 5.41) is 3.15. The number of anilines is 1. The molecule has 2 aromatic carbocycles. The van der Waals surface area contributed by atoms with E-state index in [2.05, 4.69) is 10.0 Å². The maximum atomic E-state index is 13.1. The molecule has 2 unspecified atom stereocenters. The van der Waals surface area contributed by atoms with E-state index in [1.54, 1.807) is 18.2 Å². The monoisotopic (exact) mass is 471 g/mol. The number of carbonyl (C=O) groups excluding carboxylic acids is 2. The number of nitrogens with one attached hydrogen (secondary N) is 2. The van der Waals surface area contributed by atoms with Crippen molar-refractivity contribution in [3.8, 4) is 0 Å². The molecule has 4 N–H and O–H groups in total. The van der Waals surface area contributed by atoms with Crippen molar-refractivity contribution < 1.29 is 22.4 Å². The van der Waals surface area contributed by atoms with Crippen molar-refractivity contribution >= 4 is 27.5 Å². The van der Waals surface area contributed by atoms with Crippen LogP contribution in [0.4, 0.5) is 10.1 Å². The number of sulfonamides is 1. The van der Waals surface area contributed by atoms with Gasteiger partial charge in [-0.3, -0.25) is 14.3 Å². The number of primary amides is 1. The van der Waals surface area contributed by atoms with Crippen LogP contribution in [0.25, 0.3) is 0 Å². The molecule has 0 radical (unpaired) electrons. The van der Waals surface area contributed by atoms with Gasteiger partial charge in [-0.25, -0.2) is 12.8 Å². The van der Waals surface area contributed by atoms with Crippen molar-refractivity contribution in [2.75, 3.05) is 4.72 Å². The number of benzene rings is 2. The van der Waals surface area contributed by atoms with Gasteiger partial charge >= 0.3 is 0 Å². The van der Waals surface area contributed by atoms with Crippen molar-refractivity contribution in [2.24, 2.45) is 28.9 Å². The molecule has 33 heavy (non-hydrogen) atoms. The zero-order chi connectivity index (χ0) is 23.4. The Bertz CT molecular complexity index is 1200. The van der Waals surface area contributed by atoms with Crippen LogP contribution >= 0.6 is 0 Å². The Morgan fingerprint density at radius 1 is 1.00 bits per heavy atom. The fourth-order valence-electron chi connectivity index (χ4n) is 6.35. The van der Waals surface area contributed by atoms with Gasteiger partial charge in [0.15, 0.2) is 0 Å². The summed E-state index contributed by atoms with van der Waals surface area (Å²) in [6.45, 7) is 0. The maximum absolute atomic E-state index is 13.1. The average molecular weight is 472 g/mol. The minimum atomic E-state index is -3.92. The smallest absolute Gasteiger partial charge is 0.261 e. The number of hydrogen-bond acceptors (Lipinski definition) is 4. The molecular formula is C24H26FN3O4S. The molecule has 2 atom stereocenters. The van der Waals surface area contributed by atoms with Gasteiger partial charge in [0, 0.05) is 22.7 Å². The highest BCUT2D eigenvalue weighted by Crippen LogP contribution is 2.59.